The number of rotatable bonds is 6. The maximum atomic E-state index is 13.0. The van der Waals surface area contributed by atoms with Crippen LogP contribution in [0, 0.1) is 12.8 Å². The molecule has 1 aliphatic carbocycles. The third kappa shape index (κ3) is 3.52. The molecule has 0 radical (unpaired) electrons. The van der Waals surface area contributed by atoms with E-state index in [1.807, 2.05) is 52.7 Å². The van der Waals surface area contributed by atoms with Crippen LogP contribution in [0.5, 0.6) is 0 Å². The van der Waals surface area contributed by atoms with E-state index in [1.54, 1.807) is 6.20 Å². The Morgan fingerprint density at radius 3 is 2.90 bits per heavy atom. The van der Waals surface area contributed by atoms with Gasteiger partial charge in [-0.15, -0.1) is 11.3 Å². The first-order chi connectivity index (χ1) is 14.5. The van der Waals surface area contributed by atoms with Gasteiger partial charge in [0.15, 0.2) is 0 Å². The summed E-state index contributed by atoms with van der Waals surface area (Å²) in [6.45, 7) is 4.69. The van der Waals surface area contributed by atoms with Crippen LogP contribution in [0.1, 0.15) is 46.7 Å². The Hall–Kier alpha value is -2.64. The minimum atomic E-state index is -0.121. The number of fused-ring (bicyclic) bond motifs is 1. The zero-order valence-corrected chi connectivity index (χ0v) is 18.4. The third-order valence-electron chi connectivity index (χ3n) is 5.71. The molecule has 0 aliphatic heterocycles. The van der Waals surface area contributed by atoms with Gasteiger partial charge in [-0.3, -0.25) is 9.48 Å². The molecule has 1 unspecified atom stereocenters. The van der Waals surface area contributed by atoms with Crippen LogP contribution in [0.3, 0.4) is 0 Å². The van der Waals surface area contributed by atoms with E-state index >= 15 is 0 Å². The lowest BCUT2D eigenvalue weighted by atomic mass is 10.2. The van der Waals surface area contributed by atoms with Gasteiger partial charge in [0.05, 0.1) is 29.4 Å². The molecule has 1 atom stereocenters. The molecule has 1 saturated carbocycles. The second-order valence-corrected chi connectivity index (χ2v) is 9.29. The van der Waals surface area contributed by atoms with Gasteiger partial charge < -0.3 is 5.32 Å². The Morgan fingerprint density at radius 1 is 1.33 bits per heavy atom. The first-order valence-corrected chi connectivity index (χ1v) is 11.3. The van der Waals surface area contributed by atoms with Crippen molar-refractivity contribution in [2.45, 2.75) is 39.3 Å². The van der Waals surface area contributed by atoms with Gasteiger partial charge in [-0.2, -0.15) is 10.2 Å². The summed E-state index contributed by atoms with van der Waals surface area (Å²) in [4.78, 5) is 14.6. The van der Waals surface area contributed by atoms with Crippen molar-refractivity contribution in [1.82, 2.24) is 19.6 Å². The average Bonchev–Trinajstić information content (AvgIpc) is 3.19. The van der Waals surface area contributed by atoms with Crippen LogP contribution < -0.4 is 5.32 Å². The highest BCUT2D eigenvalue weighted by Gasteiger charge is 2.31. The number of anilines is 1. The Kier molecular flexibility index (Phi) is 4.87. The number of hydrogen-bond acceptors (Lipinski definition) is 4. The van der Waals surface area contributed by atoms with Gasteiger partial charge in [0.2, 0.25) is 0 Å². The minimum Gasteiger partial charge on any atom is -0.306 e. The smallest absolute Gasteiger partial charge is 0.266 e. The quantitative estimate of drug-likeness (QED) is 0.429. The highest BCUT2D eigenvalue weighted by molar-refractivity contribution is 7.20. The molecule has 3 heterocycles. The molecule has 154 valence electrons. The maximum Gasteiger partial charge on any atom is 0.266 e. The summed E-state index contributed by atoms with van der Waals surface area (Å²) in [7, 11) is 0. The Morgan fingerprint density at radius 2 is 2.13 bits per heavy atom. The Balaban J connectivity index is 1.41. The second-order valence-electron chi connectivity index (χ2n) is 7.86. The summed E-state index contributed by atoms with van der Waals surface area (Å²) in [6.07, 6.45) is 4.20. The van der Waals surface area contributed by atoms with E-state index in [4.69, 9.17) is 11.6 Å². The number of nitrogens with zero attached hydrogens (tertiary/aromatic N) is 4. The SMILES string of the molecule is Cc1nn(Cc2ccccc2Cl)c2sc(C(=O)Nc3ccnn3C(C)C3CC3)cc12. The molecule has 0 saturated heterocycles. The molecular formula is C22H22ClN5OS. The molecule has 6 nitrogen and oxygen atoms in total. The number of hydrogen-bond donors (Lipinski definition) is 1. The fraction of sp³-hybridized carbons (Fsp3) is 0.318. The number of aryl methyl sites for hydroxylation is 1. The van der Waals surface area contributed by atoms with Gasteiger partial charge in [0.1, 0.15) is 10.6 Å². The number of amides is 1. The van der Waals surface area contributed by atoms with Crippen LogP contribution in [-0.2, 0) is 6.54 Å². The largest absolute Gasteiger partial charge is 0.306 e. The van der Waals surface area contributed by atoms with E-state index in [-0.39, 0.29) is 5.91 Å². The van der Waals surface area contributed by atoms with Crippen molar-refractivity contribution in [3.8, 4) is 0 Å². The van der Waals surface area contributed by atoms with Crippen molar-refractivity contribution in [2.75, 3.05) is 5.32 Å². The summed E-state index contributed by atoms with van der Waals surface area (Å²) in [6, 6.07) is 11.8. The van der Waals surface area contributed by atoms with Crippen molar-refractivity contribution in [2.24, 2.45) is 5.92 Å². The van der Waals surface area contributed by atoms with Gasteiger partial charge in [-0.05, 0) is 50.3 Å². The molecule has 5 rings (SSSR count). The molecule has 8 heteroatoms. The lowest BCUT2D eigenvalue weighted by Crippen LogP contribution is -2.17. The van der Waals surface area contributed by atoms with Crippen molar-refractivity contribution in [3.05, 3.63) is 63.8 Å². The highest BCUT2D eigenvalue weighted by atomic mass is 35.5. The lowest BCUT2D eigenvalue weighted by Gasteiger charge is -2.15. The number of benzene rings is 1. The number of aromatic nitrogens is 4. The average molecular weight is 440 g/mol. The van der Waals surface area contributed by atoms with Gasteiger partial charge in [-0.1, -0.05) is 29.8 Å². The van der Waals surface area contributed by atoms with Gasteiger partial charge in [0, 0.05) is 16.5 Å². The summed E-state index contributed by atoms with van der Waals surface area (Å²) in [5.74, 6) is 1.28. The van der Waals surface area contributed by atoms with Crippen LogP contribution in [0.15, 0.2) is 42.6 Å². The van der Waals surface area contributed by atoms with Crippen molar-refractivity contribution < 1.29 is 4.79 Å². The van der Waals surface area contributed by atoms with E-state index in [1.165, 1.54) is 24.2 Å². The Bertz CT molecular complexity index is 1240. The van der Waals surface area contributed by atoms with E-state index in [0.717, 1.165) is 27.3 Å². The van der Waals surface area contributed by atoms with E-state index < -0.39 is 0 Å². The fourth-order valence-electron chi connectivity index (χ4n) is 3.81. The normalized spacial score (nSPS) is 14.9. The molecule has 1 aromatic carbocycles. The molecule has 1 amide bonds. The van der Waals surface area contributed by atoms with Crippen molar-refractivity contribution in [3.63, 3.8) is 0 Å². The zero-order valence-electron chi connectivity index (χ0n) is 16.8. The number of thiophene rings is 1. The monoisotopic (exact) mass is 439 g/mol. The lowest BCUT2D eigenvalue weighted by molar-refractivity contribution is 0.102. The van der Waals surface area contributed by atoms with Gasteiger partial charge in [0.25, 0.3) is 5.91 Å². The number of carbonyl (C=O) groups excluding carboxylic acids is 1. The van der Waals surface area contributed by atoms with Gasteiger partial charge >= 0.3 is 0 Å². The van der Waals surface area contributed by atoms with E-state index in [2.05, 4.69) is 22.4 Å². The molecule has 1 fully saturated rings. The van der Waals surface area contributed by atoms with Crippen LogP contribution in [0.2, 0.25) is 5.02 Å². The van der Waals surface area contributed by atoms with Crippen molar-refractivity contribution >= 4 is 44.9 Å². The predicted octanol–water partition coefficient (Wildman–Crippen LogP) is 5.53. The molecule has 3 aromatic heterocycles. The third-order valence-corrected chi connectivity index (χ3v) is 7.23. The molecule has 1 aliphatic rings. The zero-order chi connectivity index (χ0) is 20.8. The maximum absolute atomic E-state index is 13.0. The van der Waals surface area contributed by atoms with Crippen molar-refractivity contribution in [1.29, 1.82) is 0 Å². The Labute approximate surface area is 183 Å². The van der Waals surface area contributed by atoms with Crippen LogP contribution in [-0.4, -0.2) is 25.5 Å². The van der Waals surface area contributed by atoms with Crippen LogP contribution in [0.25, 0.3) is 10.2 Å². The van der Waals surface area contributed by atoms with E-state index in [0.29, 0.717) is 28.4 Å². The topological polar surface area (TPSA) is 64.7 Å². The first kappa shape index (κ1) is 19.3. The summed E-state index contributed by atoms with van der Waals surface area (Å²) in [5, 5.41) is 13.8. The standard InChI is InChI=1S/C22H22ClN5OS/c1-13-17-11-19(21(29)25-20-9-10-24-28(20)14(2)15-7-8-15)30-22(17)27(26-13)12-16-5-3-4-6-18(16)23/h3-6,9-11,14-15H,7-8,12H2,1-2H3,(H,25,29). The molecule has 4 aromatic rings. The predicted molar refractivity (Wildman–Crippen MR) is 121 cm³/mol. The van der Waals surface area contributed by atoms with Crippen LogP contribution >= 0.6 is 22.9 Å². The number of carbonyl (C=O) groups is 1. The van der Waals surface area contributed by atoms with E-state index in [9.17, 15) is 4.79 Å². The molecular weight excluding hydrogens is 418 g/mol. The highest BCUT2D eigenvalue weighted by Crippen LogP contribution is 2.40. The van der Waals surface area contributed by atoms with Gasteiger partial charge in [-0.25, -0.2) is 4.68 Å². The summed E-state index contributed by atoms with van der Waals surface area (Å²) < 4.78 is 3.85. The minimum absolute atomic E-state index is 0.121. The number of halogens is 1. The summed E-state index contributed by atoms with van der Waals surface area (Å²) in [5.41, 5.74) is 1.90. The first-order valence-electron chi connectivity index (χ1n) is 10.1. The number of nitrogens with one attached hydrogen (secondary N) is 1. The fourth-order valence-corrected chi connectivity index (χ4v) is 5.07. The van der Waals surface area contributed by atoms with Crippen LogP contribution in [0.4, 0.5) is 5.82 Å². The summed E-state index contributed by atoms with van der Waals surface area (Å²) >= 11 is 7.77. The molecule has 0 spiro atoms. The molecule has 0 bridgehead atoms. The molecule has 1 N–H and O–H groups in total. The molecule has 30 heavy (non-hydrogen) atoms. The second kappa shape index (κ2) is 7.56.